The molecule has 0 saturated carbocycles. The zero-order valence-corrected chi connectivity index (χ0v) is 16.9. The number of carbonyl (C=O) groups is 2. The van der Waals surface area contributed by atoms with E-state index < -0.39 is 35.4 Å². The first-order valence-electron chi connectivity index (χ1n) is 9.13. The first-order chi connectivity index (χ1) is 13.6. The summed E-state index contributed by atoms with van der Waals surface area (Å²) in [6.45, 7) is 5.22. The highest BCUT2D eigenvalue weighted by atomic mass is 19.1. The third kappa shape index (κ3) is 6.44. The first-order valence-corrected chi connectivity index (χ1v) is 9.13. The van der Waals surface area contributed by atoms with E-state index in [1.165, 1.54) is 7.11 Å². The van der Waals surface area contributed by atoms with E-state index in [-0.39, 0.29) is 12.1 Å². The summed E-state index contributed by atoms with van der Waals surface area (Å²) in [6.07, 6.45) is 0.382. The van der Waals surface area contributed by atoms with E-state index in [2.05, 4.69) is 10.3 Å². The van der Waals surface area contributed by atoms with Crippen molar-refractivity contribution in [3.63, 3.8) is 0 Å². The maximum absolute atomic E-state index is 13.4. The number of benzene rings is 1. The van der Waals surface area contributed by atoms with Gasteiger partial charge in [0.1, 0.15) is 11.4 Å². The van der Waals surface area contributed by atoms with Crippen LogP contribution in [0.3, 0.4) is 0 Å². The van der Waals surface area contributed by atoms with Crippen molar-refractivity contribution in [3.05, 3.63) is 59.7 Å². The molecule has 29 heavy (non-hydrogen) atoms. The molecule has 0 saturated heterocycles. The molecule has 3 N–H and O–H groups in total. The molecule has 1 amide bonds. The molecule has 0 aliphatic rings. The number of aromatic nitrogens is 1. The zero-order valence-electron chi connectivity index (χ0n) is 16.9. The molecule has 156 valence electrons. The fraction of sp³-hybridized carbons (Fsp3) is 0.381. The van der Waals surface area contributed by atoms with Gasteiger partial charge >= 0.3 is 12.1 Å². The molecule has 1 unspecified atom stereocenters. The molecule has 2 atom stereocenters. The van der Waals surface area contributed by atoms with Crippen molar-refractivity contribution in [2.45, 2.75) is 38.8 Å². The smallest absolute Gasteiger partial charge is 0.408 e. The van der Waals surface area contributed by atoms with Crippen LogP contribution in [0.25, 0.3) is 0 Å². The van der Waals surface area contributed by atoms with Gasteiger partial charge in [0.05, 0.1) is 36.6 Å². The second kappa shape index (κ2) is 9.36. The number of rotatable bonds is 6. The normalized spacial score (nSPS) is 13.3. The van der Waals surface area contributed by atoms with Crippen molar-refractivity contribution >= 4 is 17.7 Å². The molecular formula is C21H26FN3O4. The monoisotopic (exact) mass is 403 g/mol. The van der Waals surface area contributed by atoms with Gasteiger partial charge in [0.25, 0.3) is 0 Å². The molecular weight excluding hydrogens is 377 g/mol. The SMILES string of the molecule is COC(=O)C(Cc1ncc(F)cc1N)[C@H](NC(=O)OC(C)(C)C)c1ccccc1. The molecule has 1 aromatic heterocycles. The standard InChI is InChI=1S/C21H26FN3O4/c1-21(2,3)29-20(27)25-18(13-8-6-5-7-9-13)15(19(26)28-4)11-17-16(23)10-14(22)12-24-17/h5-10,12,15,18H,11,23H2,1-4H3,(H,25,27)/t15?,18-/m1/s1. The summed E-state index contributed by atoms with van der Waals surface area (Å²) >= 11 is 0. The summed E-state index contributed by atoms with van der Waals surface area (Å²) in [7, 11) is 1.26. The average molecular weight is 403 g/mol. The van der Waals surface area contributed by atoms with Gasteiger partial charge in [-0.2, -0.15) is 0 Å². The molecule has 7 nitrogen and oxygen atoms in total. The number of hydrogen-bond donors (Lipinski definition) is 2. The Labute approximate surface area is 169 Å². The lowest BCUT2D eigenvalue weighted by Crippen LogP contribution is -2.41. The molecule has 0 fully saturated rings. The lowest BCUT2D eigenvalue weighted by Gasteiger charge is -2.28. The second-order valence-corrected chi connectivity index (χ2v) is 7.56. The molecule has 0 spiro atoms. The van der Waals surface area contributed by atoms with Crippen LogP contribution in [0.5, 0.6) is 0 Å². The van der Waals surface area contributed by atoms with Gasteiger partial charge < -0.3 is 20.5 Å². The van der Waals surface area contributed by atoms with Crippen molar-refractivity contribution in [3.8, 4) is 0 Å². The van der Waals surface area contributed by atoms with Gasteiger partial charge in [-0.1, -0.05) is 30.3 Å². The predicted molar refractivity (Wildman–Crippen MR) is 106 cm³/mol. The molecule has 8 heteroatoms. The van der Waals surface area contributed by atoms with Gasteiger partial charge in [-0.15, -0.1) is 0 Å². The minimum absolute atomic E-state index is 0.0359. The van der Waals surface area contributed by atoms with Gasteiger partial charge in [-0.3, -0.25) is 9.78 Å². The van der Waals surface area contributed by atoms with E-state index >= 15 is 0 Å². The van der Waals surface area contributed by atoms with Crippen LogP contribution in [0, 0.1) is 11.7 Å². The number of alkyl carbamates (subject to hydrolysis) is 1. The number of amides is 1. The highest BCUT2D eigenvalue weighted by Gasteiger charge is 2.34. The molecule has 0 aliphatic carbocycles. The average Bonchev–Trinajstić information content (AvgIpc) is 2.64. The molecule has 0 bridgehead atoms. The lowest BCUT2D eigenvalue weighted by atomic mass is 9.88. The van der Waals surface area contributed by atoms with Crippen LogP contribution in [0.15, 0.2) is 42.6 Å². The molecule has 0 radical (unpaired) electrons. The van der Waals surface area contributed by atoms with Gasteiger partial charge in [0.15, 0.2) is 0 Å². The third-order valence-electron chi connectivity index (χ3n) is 4.12. The summed E-state index contributed by atoms with van der Waals surface area (Å²) in [5.74, 6) is -2.01. The van der Waals surface area contributed by atoms with E-state index in [1.807, 2.05) is 6.07 Å². The number of hydrogen-bond acceptors (Lipinski definition) is 6. The minimum atomic E-state index is -0.866. The van der Waals surface area contributed by atoms with Gasteiger partial charge in [-0.25, -0.2) is 9.18 Å². The Bertz CT molecular complexity index is 853. The highest BCUT2D eigenvalue weighted by molar-refractivity contribution is 5.76. The van der Waals surface area contributed by atoms with Crippen LogP contribution < -0.4 is 11.1 Å². The fourth-order valence-electron chi connectivity index (χ4n) is 2.86. The summed E-state index contributed by atoms with van der Waals surface area (Å²) in [5.41, 5.74) is 6.27. The maximum atomic E-state index is 13.4. The van der Waals surface area contributed by atoms with Crippen LogP contribution in [0.2, 0.25) is 0 Å². The number of nitrogens with zero attached hydrogens (tertiary/aromatic N) is 1. The Morgan fingerprint density at radius 2 is 1.90 bits per heavy atom. The Hall–Kier alpha value is -3.16. The fourth-order valence-corrected chi connectivity index (χ4v) is 2.86. The maximum Gasteiger partial charge on any atom is 0.408 e. The molecule has 2 rings (SSSR count). The summed E-state index contributed by atoms with van der Waals surface area (Å²) in [6, 6.07) is 9.31. The van der Waals surface area contributed by atoms with Crippen molar-refractivity contribution in [1.82, 2.24) is 10.3 Å². The number of anilines is 1. The number of esters is 1. The summed E-state index contributed by atoms with van der Waals surface area (Å²) in [5, 5.41) is 2.75. The Morgan fingerprint density at radius 3 is 2.45 bits per heavy atom. The highest BCUT2D eigenvalue weighted by Crippen LogP contribution is 2.28. The van der Waals surface area contributed by atoms with E-state index in [4.69, 9.17) is 15.2 Å². The van der Waals surface area contributed by atoms with E-state index in [0.717, 1.165) is 12.3 Å². The number of ether oxygens (including phenoxy) is 2. The zero-order chi connectivity index (χ0) is 21.6. The van der Waals surface area contributed by atoms with Crippen molar-refractivity contribution in [2.75, 3.05) is 12.8 Å². The Kier molecular flexibility index (Phi) is 7.14. The van der Waals surface area contributed by atoms with E-state index in [1.54, 1.807) is 45.0 Å². The number of carbonyl (C=O) groups excluding carboxylic acids is 2. The summed E-state index contributed by atoms with van der Waals surface area (Å²) < 4.78 is 23.7. The first kappa shape index (κ1) is 22.1. The Morgan fingerprint density at radius 1 is 1.24 bits per heavy atom. The van der Waals surface area contributed by atoms with Crippen molar-refractivity contribution in [1.29, 1.82) is 0 Å². The van der Waals surface area contributed by atoms with Crippen LogP contribution in [-0.2, 0) is 20.7 Å². The predicted octanol–water partition coefficient (Wildman–Crippen LogP) is 3.40. The second-order valence-electron chi connectivity index (χ2n) is 7.56. The number of halogens is 1. The van der Waals surface area contributed by atoms with Gasteiger partial charge in [-0.05, 0) is 26.3 Å². The number of nitrogen functional groups attached to an aromatic ring is 1. The van der Waals surface area contributed by atoms with Crippen LogP contribution in [0.1, 0.15) is 38.1 Å². The quantitative estimate of drug-likeness (QED) is 0.717. The van der Waals surface area contributed by atoms with Gasteiger partial charge in [0.2, 0.25) is 0 Å². The number of methoxy groups -OCH3 is 1. The van der Waals surface area contributed by atoms with Crippen LogP contribution >= 0.6 is 0 Å². The van der Waals surface area contributed by atoms with Crippen molar-refractivity contribution in [2.24, 2.45) is 5.92 Å². The minimum Gasteiger partial charge on any atom is -0.469 e. The molecule has 2 aromatic rings. The summed E-state index contributed by atoms with van der Waals surface area (Å²) in [4.78, 5) is 29.1. The van der Waals surface area contributed by atoms with Crippen LogP contribution in [0.4, 0.5) is 14.9 Å². The number of nitrogens with two attached hydrogens (primary N) is 1. The molecule has 0 aliphatic heterocycles. The van der Waals surface area contributed by atoms with E-state index in [0.29, 0.717) is 11.3 Å². The largest absolute Gasteiger partial charge is 0.469 e. The molecule has 1 heterocycles. The van der Waals surface area contributed by atoms with Gasteiger partial charge in [0, 0.05) is 12.5 Å². The van der Waals surface area contributed by atoms with Crippen LogP contribution in [-0.4, -0.2) is 29.8 Å². The third-order valence-corrected chi connectivity index (χ3v) is 4.12. The molecule has 1 aromatic carbocycles. The Balaban J connectivity index is 2.41. The van der Waals surface area contributed by atoms with Crippen molar-refractivity contribution < 1.29 is 23.5 Å². The van der Waals surface area contributed by atoms with E-state index in [9.17, 15) is 14.0 Å². The number of pyridine rings is 1. The lowest BCUT2D eigenvalue weighted by molar-refractivity contribution is -0.146. The number of nitrogens with one attached hydrogen (secondary N) is 1. The topological polar surface area (TPSA) is 104 Å².